The zero-order chi connectivity index (χ0) is 21.9. The van der Waals surface area contributed by atoms with Crippen LogP contribution in [0.2, 0.25) is 0 Å². The van der Waals surface area contributed by atoms with Gasteiger partial charge in [0.15, 0.2) is 5.76 Å². The van der Waals surface area contributed by atoms with Crippen molar-refractivity contribution in [1.29, 1.82) is 0 Å². The van der Waals surface area contributed by atoms with E-state index in [4.69, 9.17) is 18.7 Å². The molecule has 0 atom stereocenters. The predicted octanol–water partition coefficient (Wildman–Crippen LogP) is 3.46. The number of rotatable bonds is 8. The second-order valence-electron chi connectivity index (χ2n) is 6.59. The average Bonchev–Trinajstić information content (AvgIpc) is 3.09. The Labute approximate surface area is 175 Å². The van der Waals surface area contributed by atoms with E-state index >= 15 is 0 Å². The van der Waals surface area contributed by atoms with Crippen molar-refractivity contribution in [3.8, 4) is 28.6 Å². The van der Waals surface area contributed by atoms with Crippen LogP contribution < -0.4 is 18.9 Å². The molecule has 0 fully saturated rings. The summed E-state index contributed by atoms with van der Waals surface area (Å²) in [6.45, 7) is 3.70. The maximum atomic E-state index is 13.1. The van der Waals surface area contributed by atoms with Crippen LogP contribution >= 0.6 is 0 Å². The number of aryl methyl sites for hydroxylation is 1. The van der Waals surface area contributed by atoms with Crippen LogP contribution in [0.25, 0.3) is 11.3 Å². The summed E-state index contributed by atoms with van der Waals surface area (Å²) in [5.74, 6) is 1.88. The fraction of sp³-hybridized carbons (Fsp3) is 0.286. The molecule has 0 bridgehead atoms. The Morgan fingerprint density at radius 1 is 0.967 bits per heavy atom. The summed E-state index contributed by atoms with van der Waals surface area (Å²) in [6, 6.07) is 10.0. The largest absolute Gasteiger partial charge is 0.497 e. The van der Waals surface area contributed by atoms with Gasteiger partial charge in [0.2, 0.25) is 10.0 Å². The van der Waals surface area contributed by atoms with E-state index in [1.807, 2.05) is 13.8 Å². The highest BCUT2D eigenvalue weighted by molar-refractivity contribution is 7.89. The van der Waals surface area contributed by atoms with Gasteiger partial charge in [-0.05, 0) is 50.2 Å². The first-order chi connectivity index (χ1) is 14.3. The minimum atomic E-state index is -3.92. The molecule has 1 N–H and O–H groups in total. The molecule has 0 saturated heterocycles. The molecule has 0 aliphatic rings. The van der Waals surface area contributed by atoms with Gasteiger partial charge in [-0.3, -0.25) is 0 Å². The van der Waals surface area contributed by atoms with E-state index in [-0.39, 0.29) is 17.2 Å². The zero-order valence-electron chi connectivity index (χ0n) is 17.5. The summed E-state index contributed by atoms with van der Waals surface area (Å²) in [6.07, 6.45) is 0. The van der Waals surface area contributed by atoms with Gasteiger partial charge in [0, 0.05) is 23.2 Å². The first kappa shape index (κ1) is 21.7. The van der Waals surface area contributed by atoms with Crippen molar-refractivity contribution in [3.05, 3.63) is 53.2 Å². The number of nitrogens with one attached hydrogen (secondary N) is 1. The molecule has 30 heavy (non-hydrogen) atoms. The van der Waals surface area contributed by atoms with E-state index < -0.39 is 10.0 Å². The molecular weight excluding hydrogens is 408 g/mol. The zero-order valence-corrected chi connectivity index (χ0v) is 18.3. The van der Waals surface area contributed by atoms with Crippen LogP contribution in [-0.2, 0) is 16.6 Å². The number of nitrogens with zero attached hydrogens (tertiary/aromatic N) is 1. The SMILES string of the molecule is COc1ccc(OC)c(CNS(=O)(=O)c2cc(-c3onc(C)c3C)ccc2OC)c1. The Bertz CT molecular complexity index is 1150. The second kappa shape index (κ2) is 8.76. The molecule has 0 aliphatic heterocycles. The summed E-state index contributed by atoms with van der Waals surface area (Å²) >= 11 is 0. The third kappa shape index (κ3) is 4.27. The van der Waals surface area contributed by atoms with E-state index in [1.54, 1.807) is 37.4 Å². The number of hydrogen-bond acceptors (Lipinski definition) is 7. The van der Waals surface area contributed by atoms with Crippen LogP contribution in [0, 0.1) is 13.8 Å². The lowest BCUT2D eigenvalue weighted by atomic mass is 10.1. The third-order valence-electron chi connectivity index (χ3n) is 4.81. The molecule has 1 heterocycles. The van der Waals surface area contributed by atoms with Crippen LogP contribution in [0.3, 0.4) is 0 Å². The van der Waals surface area contributed by atoms with Crippen molar-refractivity contribution >= 4 is 10.0 Å². The Hall–Kier alpha value is -3.04. The lowest BCUT2D eigenvalue weighted by Gasteiger charge is -2.14. The summed E-state index contributed by atoms with van der Waals surface area (Å²) in [5.41, 5.74) is 2.82. The van der Waals surface area contributed by atoms with E-state index in [1.165, 1.54) is 20.3 Å². The van der Waals surface area contributed by atoms with Gasteiger partial charge < -0.3 is 18.7 Å². The highest BCUT2D eigenvalue weighted by Crippen LogP contribution is 2.32. The minimum absolute atomic E-state index is 0.00202. The summed E-state index contributed by atoms with van der Waals surface area (Å²) in [7, 11) is 0.567. The van der Waals surface area contributed by atoms with Crippen LogP contribution in [-0.4, -0.2) is 34.9 Å². The molecule has 160 valence electrons. The number of benzene rings is 2. The normalized spacial score (nSPS) is 11.4. The van der Waals surface area contributed by atoms with Crippen LogP contribution in [0.1, 0.15) is 16.8 Å². The lowest BCUT2D eigenvalue weighted by molar-refractivity contribution is 0.397. The van der Waals surface area contributed by atoms with E-state index in [0.29, 0.717) is 28.4 Å². The summed E-state index contributed by atoms with van der Waals surface area (Å²) in [5, 5.41) is 3.94. The maximum Gasteiger partial charge on any atom is 0.244 e. The van der Waals surface area contributed by atoms with Crippen molar-refractivity contribution in [2.45, 2.75) is 25.3 Å². The molecule has 0 spiro atoms. The molecule has 3 aromatic rings. The molecule has 9 heteroatoms. The molecular formula is C21H24N2O6S. The fourth-order valence-corrected chi connectivity index (χ4v) is 4.18. The highest BCUT2D eigenvalue weighted by atomic mass is 32.2. The predicted molar refractivity (Wildman–Crippen MR) is 112 cm³/mol. The molecule has 3 rings (SSSR count). The smallest absolute Gasteiger partial charge is 0.244 e. The summed E-state index contributed by atoms with van der Waals surface area (Å²) in [4.78, 5) is -0.00202. The van der Waals surface area contributed by atoms with Crippen molar-refractivity contribution in [2.75, 3.05) is 21.3 Å². The van der Waals surface area contributed by atoms with Gasteiger partial charge in [-0.2, -0.15) is 0 Å². The molecule has 0 amide bonds. The molecule has 0 saturated carbocycles. The highest BCUT2D eigenvalue weighted by Gasteiger charge is 2.23. The first-order valence-corrected chi connectivity index (χ1v) is 10.6. The monoisotopic (exact) mass is 432 g/mol. The molecule has 1 aromatic heterocycles. The Morgan fingerprint density at radius 3 is 2.27 bits per heavy atom. The second-order valence-corrected chi connectivity index (χ2v) is 8.33. The standard InChI is InChI=1S/C21H24N2O6S/c1-13-14(2)23-29-21(13)15-6-8-19(28-5)20(11-15)30(24,25)22-12-16-10-17(26-3)7-9-18(16)27-4/h6-11,22H,12H2,1-5H3. The van der Waals surface area contributed by atoms with Gasteiger partial charge in [-0.15, -0.1) is 0 Å². The number of aromatic nitrogens is 1. The van der Waals surface area contributed by atoms with Gasteiger partial charge in [-0.1, -0.05) is 5.16 Å². The van der Waals surface area contributed by atoms with E-state index in [9.17, 15) is 8.42 Å². The van der Waals surface area contributed by atoms with Crippen molar-refractivity contribution < 1.29 is 27.2 Å². The number of ether oxygens (including phenoxy) is 3. The Kier molecular flexibility index (Phi) is 6.33. The Balaban J connectivity index is 1.96. The van der Waals surface area contributed by atoms with Crippen molar-refractivity contribution in [1.82, 2.24) is 9.88 Å². The van der Waals surface area contributed by atoms with Crippen LogP contribution in [0.4, 0.5) is 0 Å². The van der Waals surface area contributed by atoms with Crippen LogP contribution in [0.15, 0.2) is 45.8 Å². The van der Waals surface area contributed by atoms with E-state index in [2.05, 4.69) is 9.88 Å². The molecule has 0 radical (unpaired) electrons. The quantitative estimate of drug-likeness (QED) is 0.582. The number of methoxy groups -OCH3 is 3. The molecule has 2 aromatic carbocycles. The Morgan fingerprint density at radius 2 is 1.67 bits per heavy atom. The fourth-order valence-electron chi connectivity index (χ4n) is 2.98. The molecule has 0 unspecified atom stereocenters. The van der Waals surface area contributed by atoms with Gasteiger partial charge >= 0.3 is 0 Å². The first-order valence-electron chi connectivity index (χ1n) is 9.12. The average molecular weight is 432 g/mol. The van der Waals surface area contributed by atoms with Gasteiger partial charge in [0.25, 0.3) is 0 Å². The van der Waals surface area contributed by atoms with Crippen molar-refractivity contribution in [2.24, 2.45) is 0 Å². The minimum Gasteiger partial charge on any atom is -0.497 e. The van der Waals surface area contributed by atoms with E-state index in [0.717, 1.165) is 11.3 Å². The number of sulfonamides is 1. The van der Waals surface area contributed by atoms with Gasteiger partial charge in [0.05, 0.1) is 27.0 Å². The molecule has 0 aliphatic carbocycles. The van der Waals surface area contributed by atoms with Gasteiger partial charge in [0.1, 0.15) is 22.1 Å². The topological polar surface area (TPSA) is 99.9 Å². The van der Waals surface area contributed by atoms with Crippen molar-refractivity contribution in [3.63, 3.8) is 0 Å². The third-order valence-corrected chi connectivity index (χ3v) is 6.24. The molecule has 8 nitrogen and oxygen atoms in total. The maximum absolute atomic E-state index is 13.1. The lowest BCUT2D eigenvalue weighted by Crippen LogP contribution is -2.24. The van der Waals surface area contributed by atoms with Gasteiger partial charge in [-0.25, -0.2) is 13.1 Å². The summed E-state index contributed by atoms with van der Waals surface area (Å²) < 4.78 is 50.0. The van der Waals surface area contributed by atoms with Crippen LogP contribution in [0.5, 0.6) is 17.2 Å². The number of hydrogen-bond donors (Lipinski definition) is 1.